The van der Waals surface area contributed by atoms with E-state index in [4.69, 9.17) is 10.5 Å². The van der Waals surface area contributed by atoms with Crippen LogP contribution in [0.1, 0.15) is 17.0 Å². The van der Waals surface area contributed by atoms with Gasteiger partial charge in [0.15, 0.2) is 0 Å². The Hall–Kier alpha value is -3.23. The van der Waals surface area contributed by atoms with E-state index in [2.05, 4.69) is 15.5 Å². The number of pyridine rings is 1. The maximum Gasteiger partial charge on any atom is 0.583 e. The molecule has 8 heteroatoms. The number of anilines is 1. The van der Waals surface area contributed by atoms with E-state index >= 15 is 0 Å². The third-order valence-electron chi connectivity index (χ3n) is 4.62. The molecule has 0 spiro atoms. The van der Waals surface area contributed by atoms with Crippen molar-refractivity contribution >= 4 is 41.2 Å². The minimum absolute atomic E-state index is 0.116. The third kappa shape index (κ3) is 3.28. The van der Waals surface area contributed by atoms with E-state index in [0.29, 0.717) is 22.3 Å². The summed E-state index contributed by atoms with van der Waals surface area (Å²) in [5.41, 5.74) is 8.51. The summed E-state index contributed by atoms with van der Waals surface area (Å²) in [6.07, 6.45) is 4.97. The smallest absolute Gasteiger partial charge is 0.427 e. The van der Waals surface area contributed by atoms with Crippen molar-refractivity contribution in [3.63, 3.8) is 0 Å². The Morgan fingerprint density at radius 3 is 3.00 bits per heavy atom. The van der Waals surface area contributed by atoms with Gasteiger partial charge in [0, 0.05) is 41.0 Å². The summed E-state index contributed by atoms with van der Waals surface area (Å²) in [6.45, 7) is 0.116. The molecule has 4 N–H and O–H groups in total. The largest absolute Gasteiger partial charge is 0.583 e. The molecule has 1 aliphatic rings. The number of benzene rings is 2. The lowest BCUT2D eigenvalue weighted by molar-refractivity contribution is -0.117. The Labute approximate surface area is 156 Å². The summed E-state index contributed by atoms with van der Waals surface area (Å²) in [7, 11) is -1.15. The summed E-state index contributed by atoms with van der Waals surface area (Å²) in [5.74, 6) is -0.821. The maximum atomic E-state index is 12.9. The number of nitrogens with one attached hydrogen (secondary N) is 1. The van der Waals surface area contributed by atoms with Gasteiger partial charge in [-0.05, 0) is 29.1 Å². The summed E-state index contributed by atoms with van der Waals surface area (Å²) in [5, 5.41) is 18.5. The molecule has 27 heavy (non-hydrogen) atoms. The van der Waals surface area contributed by atoms with E-state index < -0.39 is 13.0 Å². The summed E-state index contributed by atoms with van der Waals surface area (Å²) in [4.78, 5) is 17.0. The molecule has 0 radical (unpaired) electrons. The number of aromatic nitrogens is 1. The zero-order valence-corrected chi connectivity index (χ0v) is 14.4. The standard InChI is InChI=1S/C19H17BN4O3/c21-9-16(15-2-1-3-18-17(15)11-23-27-20(18)26)19(25)24-14-5-4-13-10-22-7-6-12(13)8-14/h1-8,10-11,16,26H,9,21H2,(H,24,25). The van der Waals surface area contributed by atoms with Crippen LogP contribution in [-0.4, -0.2) is 35.8 Å². The minimum atomic E-state index is -1.15. The lowest BCUT2D eigenvalue weighted by Gasteiger charge is -2.21. The topological polar surface area (TPSA) is 110 Å². The zero-order valence-electron chi connectivity index (χ0n) is 14.4. The quantitative estimate of drug-likeness (QED) is 0.601. The van der Waals surface area contributed by atoms with Crippen molar-refractivity contribution in [2.24, 2.45) is 10.9 Å². The molecule has 1 amide bonds. The predicted octanol–water partition coefficient (Wildman–Crippen LogP) is 0.967. The van der Waals surface area contributed by atoms with Crippen LogP contribution in [-0.2, 0) is 9.55 Å². The maximum absolute atomic E-state index is 12.9. The van der Waals surface area contributed by atoms with Crippen LogP contribution >= 0.6 is 0 Å². The second-order valence-corrected chi connectivity index (χ2v) is 6.26. The van der Waals surface area contributed by atoms with Crippen molar-refractivity contribution in [3.8, 4) is 0 Å². The molecule has 0 saturated heterocycles. The average molecular weight is 360 g/mol. The van der Waals surface area contributed by atoms with Crippen LogP contribution in [0.3, 0.4) is 0 Å². The van der Waals surface area contributed by atoms with Crippen molar-refractivity contribution in [2.45, 2.75) is 5.92 Å². The molecule has 7 nitrogen and oxygen atoms in total. The number of nitrogens with zero attached hydrogens (tertiary/aromatic N) is 2. The monoisotopic (exact) mass is 360 g/mol. The first kappa shape index (κ1) is 17.2. The normalized spacial score (nSPS) is 13.8. The minimum Gasteiger partial charge on any atom is -0.427 e. The Bertz CT molecular complexity index is 1040. The first-order chi connectivity index (χ1) is 13.2. The second kappa shape index (κ2) is 7.18. The van der Waals surface area contributed by atoms with Crippen molar-refractivity contribution in [3.05, 3.63) is 66.0 Å². The highest BCUT2D eigenvalue weighted by Gasteiger charge is 2.30. The molecular formula is C19H17BN4O3. The highest BCUT2D eigenvalue weighted by molar-refractivity contribution is 6.62. The van der Waals surface area contributed by atoms with Gasteiger partial charge in [0.1, 0.15) is 0 Å². The van der Waals surface area contributed by atoms with Crippen LogP contribution in [0.15, 0.2) is 60.0 Å². The number of oxime groups is 1. The lowest BCUT2D eigenvalue weighted by atomic mass is 9.73. The van der Waals surface area contributed by atoms with E-state index in [1.807, 2.05) is 30.3 Å². The fourth-order valence-electron chi connectivity index (χ4n) is 3.23. The van der Waals surface area contributed by atoms with Crippen LogP contribution in [0.5, 0.6) is 0 Å². The van der Waals surface area contributed by atoms with Crippen molar-refractivity contribution in [2.75, 3.05) is 11.9 Å². The summed E-state index contributed by atoms with van der Waals surface area (Å²) in [6, 6.07) is 12.8. The summed E-state index contributed by atoms with van der Waals surface area (Å²) < 4.78 is 4.86. The van der Waals surface area contributed by atoms with Gasteiger partial charge in [-0.1, -0.05) is 24.3 Å². The Balaban J connectivity index is 1.64. The highest BCUT2D eigenvalue weighted by atomic mass is 16.6. The number of fused-ring (bicyclic) bond motifs is 2. The van der Waals surface area contributed by atoms with Gasteiger partial charge in [0.25, 0.3) is 0 Å². The van der Waals surface area contributed by atoms with Gasteiger partial charge in [0.2, 0.25) is 5.91 Å². The molecule has 1 atom stereocenters. The van der Waals surface area contributed by atoms with Gasteiger partial charge < -0.3 is 20.8 Å². The number of carbonyl (C=O) groups is 1. The number of nitrogens with two attached hydrogens (primary N) is 1. The lowest BCUT2D eigenvalue weighted by Crippen LogP contribution is -2.39. The van der Waals surface area contributed by atoms with Gasteiger partial charge in [0.05, 0.1) is 12.1 Å². The van der Waals surface area contributed by atoms with Crippen LogP contribution in [0.4, 0.5) is 5.69 Å². The second-order valence-electron chi connectivity index (χ2n) is 6.26. The van der Waals surface area contributed by atoms with E-state index in [-0.39, 0.29) is 12.5 Å². The number of amides is 1. The fourth-order valence-corrected chi connectivity index (χ4v) is 3.23. The zero-order chi connectivity index (χ0) is 18.8. The number of hydrogen-bond donors (Lipinski definition) is 3. The first-order valence-electron chi connectivity index (χ1n) is 8.52. The van der Waals surface area contributed by atoms with Crippen molar-refractivity contribution < 1.29 is 14.6 Å². The molecule has 134 valence electrons. The SMILES string of the molecule is NCC(C(=O)Nc1ccc2cnccc2c1)c1cccc2c1C=NOB2O. The molecule has 2 heterocycles. The van der Waals surface area contributed by atoms with E-state index in [1.54, 1.807) is 24.5 Å². The molecule has 1 unspecified atom stereocenters. The molecule has 0 aliphatic carbocycles. The first-order valence-corrected chi connectivity index (χ1v) is 8.52. The Morgan fingerprint density at radius 1 is 1.26 bits per heavy atom. The van der Waals surface area contributed by atoms with Crippen LogP contribution in [0.2, 0.25) is 0 Å². The predicted molar refractivity (Wildman–Crippen MR) is 105 cm³/mol. The molecule has 0 bridgehead atoms. The van der Waals surface area contributed by atoms with Gasteiger partial charge in [-0.2, -0.15) is 0 Å². The molecule has 4 rings (SSSR count). The van der Waals surface area contributed by atoms with Crippen LogP contribution in [0, 0.1) is 0 Å². The van der Waals surface area contributed by atoms with Gasteiger partial charge in [-0.3, -0.25) is 9.78 Å². The Kier molecular flexibility index (Phi) is 4.58. The van der Waals surface area contributed by atoms with Gasteiger partial charge in [-0.15, -0.1) is 5.16 Å². The summed E-state index contributed by atoms with van der Waals surface area (Å²) >= 11 is 0. The molecule has 1 aromatic heterocycles. The average Bonchev–Trinajstić information content (AvgIpc) is 2.69. The third-order valence-corrected chi connectivity index (χ3v) is 4.62. The number of rotatable bonds is 4. The highest BCUT2D eigenvalue weighted by Crippen LogP contribution is 2.23. The molecular weight excluding hydrogens is 343 g/mol. The fraction of sp³-hybridized carbons (Fsp3) is 0.105. The van der Waals surface area contributed by atoms with E-state index in [9.17, 15) is 9.82 Å². The van der Waals surface area contributed by atoms with Crippen LogP contribution < -0.4 is 16.5 Å². The van der Waals surface area contributed by atoms with Crippen molar-refractivity contribution in [1.82, 2.24) is 4.98 Å². The molecule has 1 aliphatic heterocycles. The van der Waals surface area contributed by atoms with E-state index in [1.165, 1.54) is 6.21 Å². The van der Waals surface area contributed by atoms with Gasteiger partial charge >= 0.3 is 7.12 Å². The molecule has 0 fully saturated rings. The molecule has 3 aromatic rings. The molecule has 2 aromatic carbocycles. The number of hydrogen-bond acceptors (Lipinski definition) is 6. The number of carbonyl (C=O) groups excluding carboxylic acids is 1. The van der Waals surface area contributed by atoms with Gasteiger partial charge in [-0.25, -0.2) is 0 Å². The van der Waals surface area contributed by atoms with Crippen LogP contribution in [0.25, 0.3) is 10.8 Å². The molecule has 0 saturated carbocycles. The van der Waals surface area contributed by atoms with Crippen molar-refractivity contribution in [1.29, 1.82) is 0 Å². The Morgan fingerprint density at radius 2 is 2.15 bits per heavy atom. The van der Waals surface area contributed by atoms with E-state index in [0.717, 1.165) is 10.8 Å².